The number of hydrogen-bond acceptors (Lipinski definition) is 4. The third-order valence-electron chi connectivity index (χ3n) is 1.48. The van der Waals surface area contributed by atoms with E-state index in [0.29, 0.717) is 17.5 Å². The molecule has 0 aliphatic heterocycles. The predicted molar refractivity (Wildman–Crippen MR) is 66.7 cm³/mol. The van der Waals surface area contributed by atoms with E-state index < -0.39 is 0 Å². The van der Waals surface area contributed by atoms with Gasteiger partial charge >= 0.3 is 0 Å². The smallest absolute Gasteiger partial charge is 0.196 e. The molecule has 16 heavy (non-hydrogen) atoms. The van der Waals surface area contributed by atoms with Gasteiger partial charge in [-0.3, -0.25) is 5.43 Å². The van der Waals surface area contributed by atoms with Crippen LogP contribution in [0.25, 0.3) is 0 Å². The van der Waals surface area contributed by atoms with E-state index in [-0.39, 0.29) is 5.84 Å². The van der Waals surface area contributed by atoms with Crippen LogP contribution in [0.3, 0.4) is 0 Å². The zero-order chi connectivity index (χ0) is 11.8. The third-order valence-corrected chi connectivity index (χ3v) is 1.72. The molecule has 84 valence electrons. The molecule has 4 N–H and O–H groups in total. The Labute approximate surface area is 98.7 Å². The van der Waals surface area contributed by atoms with Gasteiger partial charge in [-0.1, -0.05) is 6.08 Å². The Hall–Kier alpha value is -2.02. The maximum atomic E-state index is 5.63. The quantitative estimate of drug-likeness (QED) is 0.220. The summed E-state index contributed by atoms with van der Waals surface area (Å²) in [6, 6.07) is 1.69. The maximum Gasteiger partial charge on any atom is 0.196 e. The molecule has 1 aromatic heterocycles. The van der Waals surface area contributed by atoms with E-state index in [1.807, 2.05) is 0 Å². The molecule has 1 aromatic rings. The first-order valence-electron chi connectivity index (χ1n) is 4.49. The Balaban J connectivity index is 2.51. The normalized spacial score (nSPS) is 10.6. The van der Waals surface area contributed by atoms with Crippen molar-refractivity contribution in [1.29, 1.82) is 0 Å². The first-order chi connectivity index (χ1) is 7.74. The Morgan fingerprint density at radius 1 is 1.56 bits per heavy atom. The molecule has 1 heterocycles. The standard InChI is InChI=1S/C9H12N6S/c1-2-4-13-9(16)15-14-7(10)8-11-5-3-6-12-8/h2-3,5-6H,1,4H2,(H2,10,14)(H2,13,15,16). The molecule has 0 aromatic carbocycles. The lowest BCUT2D eigenvalue weighted by atomic mass is 10.5. The fourth-order valence-electron chi connectivity index (χ4n) is 0.797. The molecule has 0 aliphatic rings. The van der Waals surface area contributed by atoms with Crippen molar-refractivity contribution in [3.8, 4) is 0 Å². The van der Waals surface area contributed by atoms with Crippen molar-refractivity contribution in [2.45, 2.75) is 0 Å². The summed E-state index contributed by atoms with van der Waals surface area (Å²) in [5, 5.41) is 7.03. The van der Waals surface area contributed by atoms with Gasteiger partial charge in [0, 0.05) is 18.9 Å². The van der Waals surface area contributed by atoms with Crippen LogP contribution in [0, 0.1) is 0 Å². The minimum absolute atomic E-state index is 0.170. The van der Waals surface area contributed by atoms with E-state index >= 15 is 0 Å². The zero-order valence-corrected chi connectivity index (χ0v) is 9.37. The number of rotatable bonds is 4. The van der Waals surface area contributed by atoms with Crippen LogP contribution in [0.5, 0.6) is 0 Å². The Morgan fingerprint density at radius 2 is 2.25 bits per heavy atom. The summed E-state index contributed by atoms with van der Waals surface area (Å²) in [6.07, 6.45) is 4.85. The van der Waals surface area contributed by atoms with Gasteiger partial charge in [0.05, 0.1) is 0 Å². The van der Waals surface area contributed by atoms with Crippen molar-refractivity contribution in [2.75, 3.05) is 6.54 Å². The van der Waals surface area contributed by atoms with E-state index in [2.05, 4.69) is 32.4 Å². The summed E-state index contributed by atoms with van der Waals surface area (Å²) in [5.41, 5.74) is 8.20. The van der Waals surface area contributed by atoms with Crippen LogP contribution in [-0.4, -0.2) is 27.5 Å². The minimum Gasteiger partial charge on any atom is -0.379 e. The number of hydrogen-bond donors (Lipinski definition) is 3. The molecule has 1 rings (SSSR count). The van der Waals surface area contributed by atoms with Crippen LogP contribution in [0.1, 0.15) is 5.82 Å². The molecule has 0 atom stereocenters. The molecule has 0 aliphatic carbocycles. The topological polar surface area (TPSA) is 88.2 Å². The van der Waals surface area contributed by atoms with Crippen molar-refractivity contribution >= 4 is 23.2 Å². The number of hydrazone groups is 1. The minimum atomic E-state index is 0.170. The van der Waals surface area contributed by atoms with Gasteiger partial charge in [-0.25, -0.2) is 9.97 Å². The lowest BCUT2D eigenvalue weighted by Gasteiger charge is -2.04. The van der Waals surface area contributed by atoms with Crippen molar-refractivity contribution in [3.63, 3.8) is 0 Å². The summed E-state index contributed by atoms with van der Waals surface area (Å²) in [4.78, 5) is 7.86. The van der Waals surface area contributed by atoms with E-state index in [0.717, 1.165) is 0 Å². The fraction of sp³-hybridized carbons (Fsp3) is 0.111. The summed E-state index contributed by atoms with van der Waals surface area (Å²) in [6.45, 7) is 4.10. The first-order valence-corrected chi connectivity index (χ1v) is 4.90. The summed E-state index contributed by atoms with van der Waals surface area (Å²) >= 11 is 4.91. The van der Waals surface area contributed by atoms with Gasteiger partial charge in [0.2, 0.25) is 0 Å². The third kappa shape index (κ3) is 4.01. The number of aromatic nitrogens is 2. The lowest BCUT2D eigenvalue weighted by molar-refractivity contribution is 0.930. The molecule has 0 spiro atoms. The number of nitrogens with one attached hydrogen (secondary N) is 2. The molecule has 0 saturated carbocycles. The first kappa shape index (κ1) is 12.1. The largest absolute Gasteiger partial charge is 0.379 e. The van der Waals surface area contributed by atoms with Crippen molar-refractivity contribution in [2.24, 2.45) is 10.8 Å². The summed E-state index contributed by atoms with van der Waals surface area (Å²) in [5.74, 6) is 0.518. The maximum absolute atomic E-state index is 5.63. The van der Waals surface area contributed by atoms with Gasteiger partial charge in [0.15, 0.2) is 16.8 Å². The van der Waals surface area contributed by atoms with E-state index in [1.165, 1.54) is 0 Å². The van der Waals surface area contributed by atoms with Gasteiger partial charge in [-0.15, -0.1) is 6.58 Å². The van der Waals surface area contributed by atoms with Crippen molar-refractivity contribution < 1.29 is 0 Å². The number of thiocarbonyl (C=S) groups is 1. The molecule has 0 fully saturated rings. The van der Waals surface area contributed by atoms with Crippen LogP contribution in [0.15, 0.2) is 36.2 Å². The second-order valence-corrected chi connectivity index (χ2v) is 3.09. The van der Waals surface area contributed by atoms with E-state index in [4.69, 9.17) is 18.0 Å². The molecule has 0 unspecified atom stereocenters. The average molecular weight is 236 g/mol. The molecule has 0 saturated heterocycles. The van der Waals surface area contributed by atoms with E-state index in [1.54, 1.807) is 24.5 Å². The van der Waals surface area contributed by atoms with Crippen LogP contribution < -0.4 is 16.5 Å². The fourth-order valence-corrected chi connectivity index (χ4v) is 0.926. The average Bonchev–Trinajstić information content (AvgIpc) is 2.34. The molecule has 6 nitrogen and oxygen atoms in total. The van der Waals surface area contributed by atoms with Gasteiger partial charge in [-0.05, 0) is 18.3 Å². The Bertz CT molecular complexity index is 388. The van der Waals surface area contributed by atoms with Gasteiger partial charge in [0.1, 0.15) is 0 Å². The number of nitrogens with zero attached hydrogens (tertiary/aromatic N) is 3. The van der Waals surface area contributed by atoms with Crippen molar-refractivity contribution in [1.82, 2.24) is 20.7 Å². The molecule has 7 heteroatoms. The highest BCUT2D eigenvalue weighted by Crippen LogP contribution is 1.85. The van der Waals surface area contributed by atoms with Crippen LogP contribution in [0.4, 0.5) is 0 Å². The molecular formula is C9H12N6S. The van der Waals surface area contributed by atoms with Gasteiger partial charge < -0.3 is 11.1 Å². The Morgan fingerprint density at radius 3 is 2.88 bits per heavy atom. The highest BCUT2D eigenvalue weighted by Gasteiger charge is 2.00. The monoisotopic (exact) mass is 236 g/mol. The van der Waals surface area contributed by atoms with Gasteiger partial charge in [0.25, 0.3) is 0 Å². The molecular weight excluding hydrogens is 224 g/mol. The highest BCUT2D eigenvalue weighted by molar-refractivity contribution is 7.80. The molecule has 0 bridgehead atoms. The highest BCUT2D eigenvalue weighted by atomic mass is 32.1. The zero-order valence-electron chi connectivity index (χ0n) is 8.55. The van der Waals surface area contributed by atoms with Crippen LogP contribution in [-0.2, 0) is 0 Å². The predicted octanol–water partition coefficient (Wildman–Crippen LogP) is -0.253. The van der Waals surface area contributed by atoms with Crippen molar-refractivity contribution in [3.05, 3.63) is 36.9 Å². The second kappa shape index (κ2) is 6.46. The van der Waals surface area contributed by atoms with Crippen LogP contribution in [0.2, 0.25) is 0 Å². The summed E-state index contributed by atoms with van der Waals surface area (Å²) in [7, 11) is 0. The SMILES string of the molecule is C=CCNC(=S)N/N=C(\N)c1ncccn1. The number of amidine groups is 1. The van der Waals surface area contributed by atoms with E-state index in [9.17, 15) is 0 Å². The van der Waals surface area contributed by atoms with Crippen LogP contribution >= 0.6 is 12.2 Å². The molecule has 0 radical (unpaired) electrons. The number of nitrogens with two attached hydrogens (primary N) is 1. The van der Waals surface area contributed by atoms with Gasteiger partial charge in [-0.2, -0.15) is 5.10 Å². The lowest BCUT2D eigenvalue weighted by Crippen LogP contribution is -2.34. The Kier molecular flexibility index (Phi) is 4.87. The second-order valence-electron chi connectivity index (χ2n) is 2.68. The molecule has 0 amide bonds. The summed E-state index contributed by atoms with van der Waals surface area (Å²) < 4.78 is 0.